The van der Waals surface area contributed by atoms with Crippen LogP contribution in [-0.4, -0.2) is 41.5 Å². The van der Waals surface area contributed by atoms with Gasteiger partial charge in [-0.25, -0.2) is 4.79 Å². The number of halogens is 1. The SMILES string of the molecule is O=C(N[C@H](CO)C(=O)O)c1cc(Cl)c2c(c1)OCO2. The van der Waals surface area contributed by atoms with Crippen LogP contribution in [0.5, 0.6) is 11.5 Å². The summed E-state index contributed by atoms with van der Waals surface area (Å²) in [6.07, 6.45) is 0. The molecule has 102 valence electrons. The largest absolute Gasteiger partial charge is 0.480 e. The van der Waals surface area contributed by atoms with E-state index < -0.39 is 24.5 Å². The van der Waals surface area contributed by atoms with Gasteiger partial charge in [-0.1, -0.05) is 11.6 Å². The predicted octanol–water partition coefficient (Wildman–Crippen LogP) is 0.244. The second kappa shape index (κ2) is 5.33. The number of carboxylic acids is 1. The van der Waals surface area contributed by atoms with E-state index in [9.17, 15) is 9.59 Å². The van der Waals surface area contributed by atoms with Crippen molar-refractivity contribution in [2.45, 2.75) is 6.04 Å². The molecule has 1 aliphatic heterocycles. The number of benzene rings is 1. The third-order valence-corrected chi connectivity index (χ3v) is 2.76. The normalized spacial score (nSPS) is 14.0. The number of amides is 1. The van der Waals surface area contributed by atoms with Crippen molar-refractivity contribution in [3.63, 3.8) is 0 Å². The number of carboxylic acid groups (broad SMARTS) is 1. The highest BCUT2D eigenvalue weighted by Crippen LogP contribution is 2.39. The molecule has 8 heteroatoms. The van der Waals surface area contributed by atoms with Crippen LogP contribution in [0.25, 0.3) is 0 Å². The smallest absolute Gasteiger partial charge is 0.328 e. The van der Waals surface area contributed by atoms with Gasteiger partial charge in [-0.2, -0.15) is 0 Å². The molecule has 19 heavy (non-hydrogen) atoms. The average molecular weight is 288 g/mol. The summed E-state index contributed by atoms with van der Waals surface area (Å²) >= 11 is 5.90. The Labute approximate surface area is 112 Å². The standard InChI is InChI=1S/C11H10ClNO6/c12-6-1-5(2-8-9(6)19-4-18-8)10(15)13-7(3-14)11(16)17/h1-2,7,14H,3-4H2,(H,13,15)(H,16,17)/t7-/m1/s1. The van der Waals surface area contributed by atoms with Crippen LogP contribution in [-0.2, 0) is 4.79 Å². The van der Waals surface area contributed by atoms with E-state index in [0.717, 1.165) is 0 Å². The maximum absolute atomic E-state index is 11.8. The molecule has 1 aromatic carbocycles. The average Bonchev–Trinajstić information content (AvgIpc) is 2.83. The van der Waals surface area contributed by atoms with Crippen molar-refractivity contribution in [3.8, 4) is 11.5 Å². The topological polar surface area (TPSA) is 105 Å². The molecule has 0 radical (unpaired) electrons. The molecule has 0 saturated carbocycles. The van der Waals surface area contributed by atoms with Gasteiger partial charge in [0.05, 0.1) is 11.6 Å². The van der Waals surface area contributed by atoms with Crippen LogP contribution in [0.15, 0.2) is 12.1 Å². The molecule has 1 heterocycles. The van der Waals surface area contributed by atoms with E-state index in [2.05, 4.69) is 5.32 Å². The highest BCUT2D eigenvalue weighted by atomic mass is 35.5. The monoisotopic (exact) mass is 287 g/mol. The quantitative estimate of drug-likeness (QED) is 0.733. The Hall–Kier alpha value is -1.99. The Morgan fingerprint density at radius 2 is 2.16 bits per heavy atom. The van der Waals surface area contributed by atoms with Crippen LogP contribution in [0.3, 0.4) is 0 Å². The maximum atomic E-state index is 11.8. The second-order valence-corrected chi connectivity index (χ2v) is 4.15. The molecule has 0 fully saturated rings. The zero-order chi connectivity index (χ0) is 14.0. The molecule has 1 aromatic rings. The van der Waals surface area contributed by atoms with E-state index in [4.69, 9.17) is 31.3 Å². The number of aliphatic hydroxyl groups is 1. The van der Waals surface area contributed by atoms with Gasteiger partial charge >= 0.3 is 5.97 Å². The summed E-state index contributed by atoms with van der Waals surface area (Å²) in [5, 5.41) is 19.9. The summed E-state index contributed by atoms with van der Waals surface area (Å²) in [6, 6.07) is 1.34. The van der Waals surface area contributed by atoms with Gasteiger partial charge in [-0.05, 0) is 12.1 Å². The summed E-state index contributed by atoms with van der Waals surface area (Å²) in [6.45, 7) is -0.701. The minimum Gasteiger partial charge on any atom is -0.480 e. The summed E-state index contributed by atoms with van der Waals surface area (Å²) in [7, 11) is 0. The number of aliphatic carboxylic acids is 1. The number of fused-ring (bicyclic) bond motifs is 1. The lowest BCUT2D eigenvalue weighted by Crippen LogP contribution is -2.43. The van der Waals surface area contributed by atoms with Crippen molar-refractivity contribution in [1.82, 2.24) is 5.32 Å². The van der Waals surface area contributed by atoms with E-state index >= 15 is 0 Å². The fourth-order valence-corrected chi connectivity index (χ4v) is 1.79. The second-order valence-electron chi connectivity index (χ2n) is 3.74. The van der Waals surface area contributed by atoms with Crippen LogP contribution >= 0.6 is 11.6 Å². The molecule has 0 aliphatic carbocycles. The molecule has 0 aromatic heterocycles. The van der Waals surface area contributed by atoms with Crippen LogP contribution in [0.4, 0.5) is 0 Å². The lowest BCUT2D eigenvalue weighted by atomic mass is 10.1. The zero-order valence-electron chi connectivity index (χ0n) is 9.55. The Morgan fingerprint density at radius 3 is 2.79 bits per heavy atom. The molecule has 7 nitrogen and oxygen atoms in total. The minimum atomic E-state index is -1.38. The Morgan fingerprint density at radius 1 is 1.42 bits per heavy atom. The third-order valence-electron chi connectivity index (χ3n) is 2.48. The molecular formula is C11H10ClNO6. The van der Waals surface area contributed by atoms with Crippen LogP contribution in [0.1, 0.15) is 10.4 Å². The van der Waals surface area contributed by atoms with E-state index in [1.807, 2.05) is 0 Å². The number of ether oxygens (including phenoxy) is 2. The number of aliphatic hydroxyl groups excluding tert-OH is 1. The van der Waals surface area contributed by atoms with E-state index in [0.29, 0.717) is 11.5 Å². The van der Waals surface area contributed by atoms with Gasteiger partial charge in [-0.3, -0.25) is 4.79 Å². The van der Waals surface area contributed by atoms with Gasteiger partial charge in [0.2, 0.25) is 6.79 Å². The predicted molar refractivity (Wildman–Crippen MR) is 63.6 cm³/mol. The lowest BCUT2D eigenvalue weighted by Gasteiger charge is -2.12. The van der Waals surface area contributed by atoms with Crippen molar-refractivity contribution in [2.75, 3.05) is 13.4 Å². The van der Waals surface area contributed by atoms with Crippen LogP contribution < -0.4 is 14.8 Å². The minimum absolute atomic E-state index is 0.00845. The van der Waals surface area contributed by atoms with Gasteiger partial charge in [0.15, 0.2) is 17.5 Å². The molecule has 1 amide bonds. The molecule has 3 N–H and O–H groups in total. The molecule has 1 aliphatic rings. The Balaban J connectivity index is 2.20. The molecule has 2 rings (SSSR count). The van der Waals surface area contributed by atoms with Crippen molar-refractivity contribution < 1.29 is 29.3 Å². The zero-order valence-corrected chi connectivity index (χ0v) is 10.3. The molecule has 0 spiro atoms. The van der Waals surface area contributed by atoms with Gasteiger partial charge in [0.1, 0.15) is 0 Å². The van der Waals surface area contributed by atoms with E-state index in [1.54, 1.807) is 0 Å². The molecule has 1 atom stereocenters. The third kappa shape index (κ3) is 2.72. The molecular weight excluding hydrogens is 278 g/mol. The first-order valence-electron chi connectivity index (χ1n) is 5.26. The lowest BCUT2D eigenvalue weighted by molar-refractivity contribution is -0.140. The van der Waals surface area contributed by atoms with Crippen LogP contribution in [0, 0.1) is 0 Å². The van der Waals surface area contributed by atoms with E-state index in [-0.39, 0.29) is 17.4 Å². The number of rotatable bonds is 4. The Kier molecular flexibility index (Phi) is 3.77. The van der Waals surface area contributed by atoms with Crippen molar-refractivity contribution >= 4 is 23.5 Å². The van der Waals surface area contributed by atoms with Crippen molar-refractivity contribution in [1.29, 1.82) is 0 Å². The number of hydrogen-bond donors (Lipinski definition) is 3. The fraction of sp³-hybridized carbons (Fsp3) is 0.273. The molecule has 0 unspecified atom stereocenters. The summed E-state index contributed by atoms with van der Waals surface area (Å²) in [5.41, 5.74) is 0.119. The summed E-state index contributed by atoms with van der Waals surface area (Å²) in [4.78, 5) is 22.5. The van der Waals surface area contributed by atoms with E-state index in [1.165, 1.54) is 12.1 Å². The Bertz CT molecular complexity index is 532. The highest BCUT2D eigenvalue weighted by Gasteiger charge is 2.23. The number of carbonyl (C=O) groups excluding carboxylic acids is 1. The highest BCUT2D eigenvalue weighted by molar-refractivity contribution is 6.32. The molecule has 0 saturated heterocycles. The van der Waals surface area contributed by atoms with Crippen molar-refractivity contribution in [3.05, 3.63) is 22.7 Å². The summed E-state index contributed by atoms with van der Waals surface area (Å²) < 4.78 is 10.2. The first kappa shape index (κ1) is 13.4. The maximum Gasteiger partial charge on any atom is 0.328 e. The van der Waals surface area contributed by atoms with Gasteiger partial charge < -0.3 is 25.0 Å². The van der Waals surface area contributed by atoms with Gasteiger partial charge in [-0.15, -0.1) is 0 Å². The number of nitrogens with one attached hydrogen (secondary N) is 1. The first-order chi connectivity index (χ1) is 9.02. The van der Waals surface area contributed by atoms with Crippen molar-refractivity contribution in [2.24, 2.45) is 0 Å². The molecule has 0 bridgehead atoms. The number of hydrogen-bond acceptors (Lipinski definition) is 5. The first-order valence-corrected chi connectivity index (χ1v) is 5.64. The van der Waals surface area contributed by atoms with Gasteiger partial charge in [0, 0.05) is 5.56 Å². The number of carbonyl (C=O) groups is 2. The van der Waals surface area contributed by atoms with Gasteiger partial charge in [0.25, 0.3) is 5.91 Å². The van der Waals surface area contributed by atoms with Crippen LogP contribution in [0.2, 0.25) is 5.02 Å². The fourth-order valence-electron chi connectivity index (χ4n) is 1.53. The summed E-state index contributed by atoms with van der Waals surface area (Å²) in [5.74, 6) is -1.35.